The van der Waals surface area contributed by atoms with Crippen LogP contribution in [0.1, 0.15) is 17.3 Å². The van der Waals surface area contributed by atoms with Crippen molar-refractivity contribution in [3.05, 3.63) is 28.2 Å². The third-order valence-corrected chi connectivity index (χ3v) is 2.97. The Labute approximate surface area is 92.0 Å². The van der Waals surface area contributed by atoms with Gasteiger partial charge >= 0.3 is 0 Å². The summed E-state index contributed by atoms with van der Waals surface area (Å²) in [7, 11) is 1.76. The van der Waals surface area contributed by atoms with Crippen LogP contribution in [0.15, 0.2) is 22.7 Å². The lowest BCUT2D eigenvalue weighted by atomic mass is 10.2. The number of rotatable bonds is 2. The van der Waals surface area contributed by atoms with Crippen LogP contribution in [0.2, 0.25) is 0 Å². The average Bonchev–Trinajstić information content (AvgIpc) is 2.20. The van der Waals surface area contributed by atoms with Crippen molar-refractivity contribution in [2.24, 2.45) is 0 Å². The fraction of sp³-hybridized carbons (Fsp3) is 0.300. The van der Waals surface area contributed by atoms with Crippen molar-refractivity contribution in [2.75, 3.05) is 19.3 Å². The molecule has 0 heterocycles. The van der Waals surface area contributed by atoms with Crippen molar-refractivity contribution in [1.82, 2.24) is 4.90 Å². The molecule has 0 unspecified atom stereocenters. The van der Waals surface area contributed by atoms with Gasteiger partial charge in [-0.15, -0.1) is 0 Å². The van der Waals surface area contributed by atoms with Crippen LogP contribution >= 0.6 is 15.9 Å². The molecule has 0 aliphatic heterocycles. The molecule has 0 saturated heterocycles. The van der Waals surface area contributed by atoms with Gasteiger partial charge in [-0.25, -0.2) is 0 Å². The number of hydrogen-bond donors (Lipinski definition) is 1. The molecule has 1 amide bonds. The normalized spacial score (nSPS) is 9.93. The standard InChI is InChI=1S/C10H13BrN2O/c1-3-13(2)10(14)7-5-4-6-8(12)9(7)11/h4-6H,3,12H2,1-2H3. The second-order valence-electron chi connectivity index (χ2n) is 3.03. The smallest absolute Gasteiger partial charge is 0.254 e. The van der Waals surface area contributed by atoms with Crippen molar-refractivity contribution < 1.29 is 4.79 Å². The van der Waals surface area contributed by atoms with Gasteiger partial charge in [0.15, 0.2) is 0 Å². The van der Waals surface area contributed by atoms with Gasteiger partial charge in [-0.3, -0.25) is 4.79 Å². The highest BCUT2D eigenvalue weighted by Gasteiger charge is 2.14. The number of anilines is 1. The van der Waals surface area contributed by atoms with Crippen molar-refractivity contribution in [1.29, 1.82) is 0 Å². The number of carbonyl (C=O) groups excluding carboxylic acids is 1. The summed E-state index contributed by atoms with van der Waals surface area (Å²) in [4.78, 5) is 13.4. The second kappa shape index (κ2) is 4.46. The third-order valence-electron chi connectivity index (χ3n) is 2.08. The van der Waals surface area contributed by atoms with E-state index in [1.165, 1.54) is 0 Å². The first-order chi connectivity index (χ1) is 6.57. The van der Waals surface area contributed by atoms with Crippen LogP contribution in [0.5, 0.6) is 0 Å². The monoisotopic (exact) mass is 256 g/mol. The SMILES string of the molecule is CCN(C)C(=O)c1cccc(N)c1Br. The number of benzene rings is 1. The molecule has 0 aliphatic rings. The number of amides is 1. The lowest BCUT2D eigenvalue weighted by Gasteiger charge is -2.15. The van der Waals surface area contributed by atoms with E-state index >= 15 is 0 Å². The van der Waals surface area contributed by atoms with Gasteiger partial charge in [-0.2, -0.15) is 0 Å². The van der Waals surface area contributed by atoms with E-state index in [0.717, 1.165) is 0 Å². The number of nitrogen functional groups attached to an aromatic ring is 1. The Morgan fingerprint density at radius 2 is 2.21 bits per heavy atom. The van der Waals surface area contributed by atoms with Crippen LogP contribution in [0.4, 0.5) is 5.69 Å². The van der Waals surface area contributed by atoms with E-state index in [1.807, 2.05) is 6.92 Å². The summed E-state index contributed by atoms with van der Waals surface area (Å²) < 4.78 is 0.672. The van der Waals surface area contributed by atoms with E-state index < -0.39 is 0 Å². The van der Waals surface area contributed by atoms with Crippen molar-refractivity contribution in [2.45, 2.75) is 6.92 Å². The summed E-state index contributed by atoms with van der Waals surface area (Å²) in [6.45, 7) is 2.61. The molecule has 14 heavy (non-hydrogen) atoms. The molecule has 3 nitrogen and oxygen atoms in total. The maximum absolute atomic E-state index is 11.8. The summed E-state index contributed by atoms with van der Waals surface area (Å²) in [5, 5.41) is 0. The first-order valence-electron chi connectivity index (χ1n) is 4.37. The van der Waals surface area contributed by atoms with Crippen LogP contribution < -0.4 is 5.73 Å². The lowest BCUT2D eigenvalue weighted by Crippen LogP contribution is -2.26. The molecule has 4 heteroatoms. The summed E-state index contributed by atoms with van der Waals surface area (Å²) in [5.74, 6) is -0.0216. The van der Waals surface area contributed by atoms with E-state index in [-0.39, 0.29) is 5.91 Å². The van der Waals surface area contributed by atoms with Crippen LogP contribution in [-0.2, 0) is 0 Å². The predicted molar refractivity (Wildman–Crippen MR) is 61.2 cm³/mol. The molecule has 0 atom stereocenters. The summed E-state index contributed by atoms with van der Waals surface area (Å²) in [5.41, 5.74) is 6.87. The zero-order chi connectivity index (χ0) is 10.7. The van der Waals surface area contributed by atoms with Gasteiger partial charge in [-0.05, 0) is 35.0 Å². The fourth-order valence-electron chi connectivity index (χ4n) is 1.06. The molecule has 1 aromatic rings. The molecule has 1 aromatic carbocycles. The Kier molecular flexibility index (Phi) is 3.52. The third kappa shape index (κ3) is 2.07. The number of halogens is 1. The Balaban J connectivity index is 3.07. The van der Waals surface area contributed by atoms with Crippen molar-refractivity contribution >= 4 is 27.5 Å². The fourth-order valence-corrected chi connectivity index (χ4v) is 1.50. The molecule has 0 radical (unpaired) electrons. The Hall–Kier alpha value is -1.03. The molecule has 0 spiro atoms. The molecule has 0 bridgehead atoms. The summed E-state index contributed by atoms with van der Waals surface area (Å²) in [6, 6.07) is 5.29. The summed E-state index contributed by atoms with van der Waals surface area (Å²) >= 11 is 3.31. The lowest BCUT2D eigenvalue weighted by molar-refractivity contribution is 0.0801. The minimum atomic E-state index is -0.0216. The highest BCUT2D eigenvalue weighted by molar-refractivity contribution is 9.10. The molecule has 0 aromatic heterocycles. The van der Waals surface area contributed by atoms with Crippen molar-refractivity contribution in [3.63, 3.8) is 0 Å². The van der Waals surface area contributed by atoms with E-state index in [1.54, 1.807) is 30.1 Å². The molecule has 0 saturated carbocycles. The largest absolute Gasteiger partial charge is 0.398 e. The highest BCUT2D eigenvalue weighted by atomic mass is 79.9. The predicted octanol–water partition coefficient (Wildman–Crippen LogP) is 2.12. The zero-order valence-electron chi connectivity index (χ0n) is 8.25. The van der Waals surface area contributed by atoms with Gasteiger partial charge < -0.3 is 10.6 Å². The van der Waals surface area contributed by atoms with Crippen LogP contribution in [0.3, 0.4) is 0 Å². The van der Waals surface area contributed by atoms with E-state index in [0.29, 0.717) is 22.3 Å². The van der Waals surface area contributed by atoms with Crippen molar-refractivity contribution in [3.8, 4) is 0 Å². The maximum Gasteiger partial charge on any atom is 0.254 e. The summed E-state index contributed by atoms with van der Waals surface area (Å²) in [6.07, 6.45) is 0. The molecule has 2 N–H and O–H groups in total. The maximum atomic E-state index is 11.8. The zero-order valence-corrected chi connectivity index (χ0v) is 9.84. The minimum Gasteiger partial charge on any atom is -0.398 e. The van der Waals surface area contributed by atoms with Gasteiger partial charge in [0, 0.05) is 19.3 Å². The van der Waals surface area contributed by atoms with Gasteiger partial charge in [0.2, 0.25) is 0 Å². The quantitative estimate of drug-likeness (QED) is 0.825. The minimum absolute atomic E-state index is 0.0216. The van der Waals surface area contributed by atoms with Crippen LogP contribution in [-0.4, -0.2) is 24.4 Å². The highest BCUT2D eigenvalue weighted by Crippen LogP contribution is 2.24. The number of carbonyl (C=O) groups is 1. The van der Waals surface area contributed by atoms with Gasteiger partial charge in [0.25, 0.3) is 5.91 Å². The molecule has 1 rings (SSSR count). The van der Waals surface area contributed by atoms with Gasteiger partial charge in [0.1, 0.15) is 0 Å². The number of nitrogens with two attached hydrogens (primary N) is 1. The Morgan fingerprint density at radius 1 is 1.57 bits per heavy atom. The van der Waals surface area contributed by atoms with E-state index in [4.69, 9.17) is 5.73 Å². The van der Waals surface area contributed by atoms with Crippen LogP contribution in [0, 0.1) is 0 Å². The molecule has 76 valence electrons. The van der Waals surface area contributed by atoms with E-state index in [2.05, 4.69) is 15.9 Å². The molecular weight excluding hydrogens is 244 g/mol. The molecular formula is C10H13BrN2O. The Bertz CT molecular complexity index is 352. The first kappa shape index (κ1) is 11.0. The van der Waals surface area contributed by atoms with Gasteiger partial charge in [0.05, 0.1) is 10.0 Å². The second-order valence-corrected chi connectivity index (χ2v) is 3.82. The molecule has 0 fully saturated rings. The van der Waals surface area contributed by atoms with E-state index in [9.17, 15) is 4.79 Å². The number of hydrogen-bond acceptors (Lipinski definition) is 2. The van der Waals surface area contributed by atoms with Gasteiger partial charge in [-0.1, -0.05) is 6.07 Å². The number of nitrogens with zero attached hydrogens (tertiary/aromatic N) is 1. The Morgan fingerprint density at radius 3 is 2.79 bits per heavy atom. The topological polar surface area (TPSA) is 46.3 Å². The van der Waals surface area contributed by atoms with Crippen LogP contribution in [0.25, 0.3) is 0 Å². The average molecular weight is 257 g/mol. The molecule has 0 aliphatic carbocycles. The first-order valence-corrected chi connectivity index (χ1v) is 5.16.